The highest BCUT2D eigenvalue weighted by Crippen LogP contribution is 2.36. The van der Waals surface area contributed by atoms with Crippen LogP contribution in [0.1, 0.15) is 11.1 Å². The van der Waals surface area contributed by atoms with E-state index in [0.717, 1.165) is 11.1 Å². The molecule has 3 rings (SSSR count). The van der Waals surface area contributed by atoms with Crippen molar-refractivity contribution < 1.29 is 18.3 Å². The Kier molecular flexibility index (Phi) is 7.59. The van der Waals surface area contributed by atoms with Crippen molar-refractivity contribution in [2.24, 2.45) is 5.73 Å². The Morgan fingerprint density at radius 1 is 1.03 bits per heavy atom. The van der Waals surface area contributed by atoms with Gasteiger partial charge < -0.3 is 15.6 Å². The zero-order chi connectivity index (χ0) is 22.6. The van der Waals surface area contributed by atoms with E-state index in [1.807, 2.05) is 18.2 Å². The number of halogens is 2. The lowest BCUT2D eigenvalue weighted by molar-refractivity contribution is 0.172. The monoisotopic (exact) mass is 480 g/mol. The second kappa shape index (κ2) is 9.99. The molecule has 0 saturated carbocycles. The molecule has 3 aromatic rings. The van der Waals surface area contributed by atoms with Crippen LogP contribution in [0.3, 0.4) is 0 Å². The quantitative estimate of drug-likeness (QED) is 0.425. The molecule has 9 heteroatoms. The van der Waals surface area contributed by atoms with E-state index < -0.39 is 16.3 Å². The second-order valence-corrected chi connectivity index (χ2v) is 9.33. The molecule has 0 saturated heterocycles. The van der Waals surface area contributed by atoms with Crippen LogP contribution in [0.25, 0.3) is 11.1 Å². The van der Waals surface area contributed by atoms with Gasteiger partial charge in [-0.05, 0) is 59.5 Å². The van der Waals surface area contributed by atoms with Crippen LogP contribution in [-0.4, -0.2) is 33.4 Å². The van der Waals surface area contributed by atoms with Crippen molar-refractivity contribution in [1.82, 2.24) is 4.72 Å². The van der Waals surface area contributed by atoms with Crippen molar-refractivity contribution in [2.45, 2.75) is 17.5 Å². The average Bonchev–Trinajstić information content (AvgIpc) is 2.74. The molecule has 0 fully saturated rings. The third-order valence-corrected chi connectivity index (χ3v) is 6.81. The molecule has 0 bridgehead atoms. The summed E-state index contributed by atoms with van der Waals surface area (Å²) in [5.74, 6) is 0.479. The number of ether oxygens (including phenoxy) is 1. The number of nitrogens with two attached hydrogens (primary N) is 1. The van der Waals surface area contributed by atoms with Crippen LogP contribution < -0.4 is 15.2 Å². The normalized spacial score (nSPS) is 12.5. The van der Waals surface area contributed by atoms with Gasteiger partial charge in [0, 0.05) is 22.2 Å². The number of aliphatic hydroxyl groups excluding tert-OH is 1. The predicted molar refractivity (Wildman–Crippen MR) is 123 cm³/mol. The second-order valence-electron chi connectivity index (χ2n) is 6.80. The van der Waals surface area contributed by atoms with Gasteiger partial charge in [-0.1, -0.05) is 47.5 Å². The van der Waals surface area contributed by atoms with Gasteiger partial charge in [0.25, 0.3) is 0 Å². The zero-order valence-corrected chi connectivity index (χ0v) is 19.0. The largest absolute Gasteiger partial charge is 0.497 e. The number of sulfonamides is 1. The number of benzene rings is 3. The van der Waals surface area contributed by atoms with Crippen molar-refractivity contribution >= 4 is 33.2 Å². The summed E-state index contributed by atoms with van der Waals surface area (Å²) in [7, 11) is -2.58. The lowest BCUT2D eigenvalue weighted by atomic mass is 9.94. The molecule has 0 aliphatic rings. The summed E-state index contributed by atoms with van der Waals surface area (Å²) < 4.78 is 33.4. The Morgan fingerprint density at radius 2 is 1.77 bits per heavy atom. The van der Waals surface area contributed by atoms with E-state index in [9.17, 15) is 13.5 Å². The molecule has 0 spiro atoms. The zero-order valence-electron chi connectivity index (χ0n) is 16.7. The maximum absolute atomic E-state index is 13.0. The predicted octanol–water partition coefficient (Wildman–Crippen LogP) is 3.82. The summed E-state index contributed by atoms with van der Waals surface area (Å²) in [4.78, 5) is -0.0245. The van der Waals surface area contributed by atoms with Gasteiger partial charge in [0.1, 0.15) is 12.0 Å². The molecule has 0 radical (unpaired) electrons. The Balaban J connectivity index is 2.19. The summed E-state index contributed by atoms with van der Waals surface area (Å²) >= 11 is 12.6. The number of methoxy groups -OCH3 is 1. The van der Waals surface area contributed by atoms with Gasteiger partial charge in [0.05, 0.1) is 12.0 Å². The first-order valence-corrected chi connectivity index (χ1v) is 11.6. The third-order valence-electron chi connectivity index (χ3n) is 4.69. The Morgan fingerprint density at radius 3 is 2.45 bits per heavy atom. The molecular weight excluding hydrogens is 459 g/mol. The fraction of sp³-hybridized carbons (Fsp3) is 0.182. The Bertz CT molecular complexity index is 1190. The van der Waals surface area contributed by atoms with Crippen LogP contribution in [0.2, 0.25) is 10.0 Å². The molecular formula is C22H22Cl2N2O4S. The van der Waals surface area contributed by atoms with Crippen LogP contribution in [0.4, 0.5) is 0 Å². The molecule has 3 aromatic carbocycles. The van der Waals surface area contributed by atoms with Crippen molar-refractivity contribution in [1.29, 1.82) is 0 Å². The van der Waals surface area contributed by atoms with Crippen molar-refractivity contribution in [3.8, 4) is 16.9 Å². The van der Waals surface area contributed by atoms with E-state index in [-0.39, 0.29) is 11.4 Å². The van der Waals surface area contributed by atoms with Gasteiger partial charge in [-0.2, -0.15) is 4.72 Å². The molecule has 4 N–H and O–H groups in total. The van der Waals surface area contributed by atoms with E-state index in [0.29, 0.717) is 33.3 Å². The van der Waals surface area contributed by atoms with Crippen molar-refractivity contribution in [3.05, 3.63) is 81.8 Å². The number of nitrogens with one attached hydrogen (secondary N) is 1. The van der Waals surface area contributed by atoms with Crippen LogP contribution in [0.15, 0.2) is 65.6 Å². The lowest BCUT2D eigenvalue weighted by Crippen LogP contribution is -2.40. The van der Waals surface area contributed by atoms with Crippen molar-refractivity contribution in [3.63, 3.8) is 0 Å². The maximum Gasteiger partial charge on any atom is 0.243 e. The topological polar surface area (TPSA) is 102 Å². The van der Waals surface area contributed by atoms with Gasteiger partial charge in [0.15, 0.2) is 0 Å². The smallest absolute Gasteiger partial charge is 0.243 e. The molecule has 1 unspecified atom stereocenters. The summed E-state index contributed by atoms with van der Waals surface area (Å²) in [6.07, 6.45) is -0.974. The highest BCUT2D eigenvalue weighted by Gasteiger charge is 2.24. The molecule has 0 amide bonds. The van der Waals surface area contributed by atoms with Crippen LogP contribution in [-0.2, 0) is 16.4 Å². The Labute approximate surface area is 191 Å². The number of rotatable bonds is 8. The van der Waals surface area contributed by atoms with Gasteiger partial charge >= 0.3 is 0 Å². The summed E-state index contributed by atoms with van der Waals surface area (Å²) in [5.41, 5.74) is 8.07. The molecule has 0 aliphatic heterocycles. The number of hydrogen-bond acceptors (Lipinski definition) is 5. The summed E-state index contributed by atoms with van der Waals surface area (Å²) in [5, 5.41) is 10.9. The fourth-order valence-electron chi connectivity index (χ4n) is 3.19. The average molecular weight is 481 g/mol. The molecule has 0 aliphatic carbocycles. The van der Waals surface area contributed by atoms with Crippen molar-refractivity contribution in [2.75, 3.05) is 13.7 Å². The highest BCUT2D eigenvalue weighted by molar-refractivity contribution is 7.89. The van der Waals surface area contributed by atoms with Crippen LogP contribution in [0, 0.1) is 0 Å². The van der Waals surface area contributed by atoms with Crippen LogP contribution >= 0.6 is 23.2 Å². The standard InChI is InChI=1S/C22H22Cl2N2O4S/c1-30-17-7-9-21(31(28,29)26-22(27)13-25)19(12-17)18-8-6-16(23)11-15(18)10-14-4-2-3-5-20(14)24/h2-9,11-12,22,26-27H,10,13,25H2,1H3. The van der Waals surface area contributed by atoms with Gasteiger partial charge in [-0.3, -0.25) is 0 Å². The lowest BCUT2D eigenvalue weighted by Gasteiger charge is -2.18. The first-order chi connectivity index (χ1) is 14.7. The SMILES string of the molecule is COc1ccc(S(=O)(=O)NC(O)CN)c(-c2ccc(Cl)cc2Cc2ccccc2Cl)c1. The van der Waals surface area contributed by atoms with Gasteiger partial charge in [-0.15, -0.1) is 0 Å². The molecule has 6 nitrogen and oxygen atoms in total. The minimum absolute atomic E-state index is 0.0245. The van der Waals surface area contributed by atoms with E-state index in [1.165, 1.54) is 19.2 Å². The van der Waals surface area contributed by atoms with Gasteiger partial charge in [-0.25, -0.2) is 8.42 Å². The summed E-state index contributed by atoms with van der Waals surface area (Å²) in [6, 6.07) is 17.2. The highest BCUT2D eigenvalue weighted by atomic mass is 35.5. The number of aliphatic hydroxyl groups is 1. The fourth-order valence-corrected chi connectivity index (χ4v) is 4.87. The minimum Gasteiger partial charge on any atom is -0.497 e. The maximum atomic E-state index is 13.0. The van der Waals surface area contributed by atoms with E-state index in [4.69, 9.17) is 33.7 Å². The molecule has 31 heavy (non-hydrogen) atoms. The van der Waals surface area contributed by atoms with Crippen LogP contribution in [0.5, 0.6) is 5.75 Å². The first kappa shape index (κ1) is 23.5. The third kappa shape index (κ3) is 5.57. The van der Waals surface area contributed by atoms with E-state index >= 15 is 0 Å². The molecule has 0 heterocycles. The van der Waals surface area contributed by atoms with E-state index in [1.54, 1.807) is 30.3 Å². The molecule has 0 aromatic heterocycles. The Hall–Kier alpha value is -2.13. The van der Waals surface area contributed by atoms with Gasteiger partial charge in [0.2, 0.25) is 10.0 Å². The van der Waals surface area contributed by atoms with E-state index in [2.05, 4.69) is 4.72 Å². The molecule has 1 atom stereocenters. The molecule has 164 valence electrons. The minimum atomic E-state index is -4.08. The summed E-state index contributed by atoms with van der Waals surface area (Å²) in [6.45, 7) is -0.260. The number of hydrogen-bond donors (Lipinski definition) is 3. The first-order valence-electron chi connectivity index (χ1n) is 9.36.